The maximum absolute atomic E-state index is 14.7. The molecular weight excluding hydrogens is 365 g/mol. The molecule has 0 fully saturated rings. The lowest BCUT2D eigenvalue weighted by molar-refractivity contribution is 0.0997. The number of urea groups is 1. The third-order valence-electron chi connectivity index (χ3n) is 5.21. The zero-order valence-electron chi connectivity index (χ0n) is 14.7. The van der Waals surface area contributed by atoms with Gasteiger partial charge >= 0.3 is 6.03 Å². The Kier molecular flexibility index (Phi) is 4.78. The molecule has 0 aliphatic heterocycles. The summed E-state index contributed by atoms with van der Waals surface area (Å²) in [6.07, 6.45) is 4.84. The van der Waals surface area contributed by atoms with Crippen molar-refractivity contribution < 1.29 is 14.0 Å². The third kappa shape index (κ3) is 3.27. The van der Waals surface area contributed by atoms with E-state index in [1.807, 2.05) is 0 Å². The molecule has 0 radical (unpaired) electrons. The van der Waals surface area contributed by atoms with E-state index in [1.54, 1.807) is 24.3 Å². The lowest BCUT2D eigenvalue weighted by Crippen LogP contribution is -2.25. The SMILES string of the molecule is NC(=O)c1ccccc1SNC(=O)Nc1c2c(c(F)c3c1CCC3)CCC2. The minimum Gasteiger partial charge on any atom is -0.366 e. The number of fused-ring (bicyclic) bond motifs is 2. The van der Waals surface area contributed by atoms with E-state index < -0.39 is 11.9 Å². The molecule has 3 amide bonds. The van der Waals surface area contributed by atoms with Crippen molar-refractivity contribution in [3.63, 3.8) is 0 Å². The van der Waals surface area contributed by atoms with E-state index in [-0.39, 0.29) is 5.82 Å². The van der Waals surface area contributed by atoms with Gasteiger partial charge in [0.15, 0.2) is 0 Å². The summed E-state index contributed by atoms with van der Waals surface area (Å²) >= 11 is 1.04. The van der Waals surface area contributed by atoms with Crippen LogP contribution in [0.1, 0.15) is 45.5 Å². The number of anilines is 1. The van der Waals surface area contributed by atoms with E-state index in [1.165, 1.54) is 0 Å². The average molecular weight is 385 g/mol. The van der Waals surface area contributed by atoms with Crippen LogP contribution >= 0.6 is 11.9 Å². The molecule has 2 aliphatic rings. The standard InChI is InChI=1S/C20H20FN3O2S/c21-17-11-6-3-8-13(11)18(14-9-4-7-12(14)17)23-20(26)24-27-16-10-2-1-5-15(16)19(22)25/h1-2,5,10H,3-4,6-9H2,(H2,22,25)(H2,23,24,26). The summed E-state index contributed by atoms with van der Waals surface area (Å²) in [6.45, 7) is 0. The molecule has 0 atom stereocenters. The first-order valence-electron chi connectivity index (χ1n) is 9.04. The van der Waals surface area contributed by atoms with Crippen molar-refractivity contribution in [2.24, 2.45) is 5.73 Å². The number of nitrogens with one attached hydrogen (secondary N) is 2. The van der Waals surface area contributed by atoms with Crippen LogP contribution < -0.4 is 15.8 Å². The summed E-state index contributed by atoms with van der Waals surface area (Å²) < 4.78 is 17.4. The lowest BCUT2D eigenvalue weighted by atomic mass is 9.98. The van der Waals surface area contributed by atoms with Crippen LogP contribution in [0.25, 0.3) is 0 Å². The quantitative estimate of drug-likeness (QED) is 0.701. The maximum atomic E-state index is 14.7. The molecule has 4 N–H and O–H groups in total. The predicted molar refractivity (Wildman–Crippen MR) is 103 cm³/mol. The number of rotatable bonds is 4. The van der Waals surface area contributed by atoms with Crippen molar-refractivity contribution in [2.75, 3.05) is 5.32 Å². The summed E-state index contributed by atoms with van der Waals surface area (Å²) in [4.78, 5) is 24.6. The Labute approximate surface area is 161 Å². The fourth-order valence-corrected chi connectivity index (χ4v) is 4.72. The van der Waals surface area contributed by atoms with Gasteiger partial charge in [-0.1, -0.05) is 12.1 Å². The molecular formula is C20H20FN3O2S. The molecule has 0 bridgehead atoms. The highest BCUT2D eigenvalue weighted by Gasteiger charge is 2.29. The molecule has 5 nitrogen and oxygen atoms in total. The van der Waals surface area contributed by atoms with Crippen LogP contribution in [0.5, 0.6) is 0 Å². The van der Waals surface area contributed by atoms with E-state index in [0.29, 0.717) is 10.5 Å². The van der Waals surface area contributed by atoms with Gasteiger partial charge in [0, 0.05) is 10.6 Å². The smallest absolute Gasteiger partial charge is 0.329 e. The van der Waals surface area contributed by atoms with Gasteiger partial charge in [0.25, 0.3) is 0 Å². The second-order valence-corrected chi connectivity index (χ2v) is 7.68. The Morgan fingerprint density at radius 2 is 1.56 bits per heavy atom. The monoisotopic (exact) mass is 385 g/mol. The number of halogens is 1. The summed E-state index contributed by atoms with van der Waals surface area (Å²) in [5, 5.41) is 2.94. The van der Waals surface area contributed by atoms with Gasteiger partial charge in [-0.15, -0.1) is 0 Å². The number of amides is 3. The number of hydrogen-bond donors (Lipinski definition) is 3. The van der Waals surface area contributed by atoms with Crippen molar-refractivity contribution in [1.82, 2.24) is 4.72 Å². The highest BCUT2D eigenvalue weighted by molar-refractivity contribution is 7.98. The van der Waals surface area contributed by atoms with Gasteiger partial charge in [0.2, 0.25) is 5.91 Å². The van der Waals surface area contributed by atoms with Gasteiger partial charge in [0.05, 0.1) is 5.56 Å². The fraction of sp³-hybridized carbons (Fsp3) is 0.300. The zero-order chi connectivity index (χ0) is 19.0. The summed E-state index contributed by atoms with van der Waals surface area (Å²) in [5.41, 5.74) is 9.89. The molecule has 0 aromatic heterocycles. The van der Waals surface area contributed by atoms with Crippen LogP contribution in [-0.4, -0.2) is 11.9 Å². The minimum atomic E-state index is -0.547. The highest BCUT2D eigenvalue weighted by atomic mass is 32.2. The molecule has 0 heterocycles. The van der Waals surface area contributed by atoms with E-state index in [0.717, 1.165) is 78.4 Å². The molecule has 2 aliphatic carbocycles. The average Bonchev–Trinajstić information content (AvgIpc) is 3.33. The number of nitrogens with two attached hydrogens (primary N) is 1. The van der Waals surface area contributed by atoms with Crippen LogP contribution in [0.3, 0.4) is 0 Å². The highest BCUT2D eigenvalue weighted by Crippen LogP contribution is 2.41. The molecule has 2 aromatic carbocycles. The van der Waals surface area contributed by atoms with Gasteiger partial charge in [-0.2, -0.15) is 0 Å². The van der Waals surface area contributed by atoms with E-state index in [9.17, 15) is 14.0 Å². The second kappa shape index (κ2) is 7.23. The van der Waals surface area contributed by atoms with Gasteiger partial charge in [-0.3, -0.25) is 9.52 Å². The number of benzene rings is 2. The molecule has 2 aromatic rings. The summed E-state index contributed by atoms with van der Waals surface area (Å²) in [7, 11) is 0. The first-order chi connectivity index (χ1) is 13.1. The Balaban J connectivity index is 1.54. The molecule has 0 spiro atoms. The normalized spacial score (nSPS) is 14.6. The first kappa shape index (κ1) is 17.9. The van der Waals surface area contributed by atoms with Crippen LogP contribution in [0, 0.1) is 5.82 Å². The van der Waals surface area contributed by atoms with E-state index in [2.05, 4.69) is 10.0 Å². The number of carbonyl (C=O) groups excluding carboxylic acids is 2. The van der Waals surface area contributed by atoms with Crippen LogP contribution in [0.4, 0.5) is 14.9 Å². The van der Waals surface area contributed by atoms with Crippen LogP contribution in [0.2, 0.25) is 0 Å². The Morgan fingerprint density at radius 1 is 0.963 bits per heavy atom. The van der Waals surface area contributed by atoms with E-state index >= 15 is 0 Å². The van der Waals surface area contributed by atoms with Crippen LogP contribution in [-0.2, 0) is 25.7 Å². The number of hydrogen-bond acceptors (Lipinski definition) is 3. The second-order valence-electron chi connectivity index (χ2n) is 6.83. The molecule has 4 rings (SSSR count). The number of primary amides is 1. The third-order valence-corrected chi connectivity index (χ3v) is 6.08. The maximum Gasteiger partial charge on any atom is 0.329 e. The van der Waals surface area contributed by atoms with Gasteiger partial charge in [-0.05, 0) is 84.9 Å². The Morgan fingerprint density at radius 3 is 2.19 bits per heavy atom. The molecule has 0 saturated carbocycles. The van der Waals surface area contributed by atoms with Crippen molar-refractivity contribution >= 4 is 29.6 Å². The molecule has 0 saturated heterocycles. The molecule has 7 heteroatoms. The van der Waals surface area contributed by atoms with Crippen molar-refractivity contribution in [3.05, 3.63) is 57.9 Å². The zero-order valence-corrected chi connectivity index (χ0v) is 15.5. The van der Waals surface area contributed by atoms with Crippen LogP contribution in [0.15, 0.2) is 29.2 Å². The minimum absolute atomic E-state index is 0.0641. The van der Waals surface area contributed by atoms with Crippen molar-refractivity contribution in [3.8, 4) is 0 Å². The van der Waals surface area contributed by atoms with Crippen molar-refractivity contribution in [2.45, 2.75) is 43.4 Å². The summed E-state index contributed by atoms with van der Waals surface area (Å²) in [6, 6.07) is 6.43. The topological polar surface area (TPSA) is 84.2 Å². The Bertz CT molecular complexity index is 910. The molecule has 140 valence electrons. The largest absolute Gasteiger partial charge is 0.366 e. The van der Waals surface area contributed by atoms with Gasteiger partial charge in [-0.25, -0.2) is 9.18 Å². The summed E-state index contributed by atoms with van der Waals surface area (Å²) in [5.74, 6) is -0.611. The molecule has 27 heavy (non-hydrogen) atoms. The fourth-order valence-electron chi connectivity index (χ4n) is 4.04. The number of carbonyl (C=O) groups is 2. The Hall–Kier alpha value is -2.54. The van der Waals surface area contributed by atoms with Gasteiger partial charge < -0.3 is 11.1 Å². The lowest BCUT2D eigenvalue weighted by Gasteiger charge is -2.17. The first-order valence-corrected chi connectivity index (χ1v) is 9.85. The molecule has 0 unspecified atom stereocenters. The van der Waals surface area contributed by atoms with Crippen molar-refractivity contribution in [1.29, 1.82) is 0 Å². The predicted octanol–water partition coefficient (Wildman–Crippen LogP) is 3.73. The van der Waals surface area contributed by atoms with E-state index in [4.69, 9.17) is 5.73 Å². The van der Waals surface area contributed by atoms with Gasteiger partial charge in [0.1, 0.15) is 5.82 Å².